The molecule has 2 aromatic rings. The van der Waals surface area contributed by atoms with Gasteiger partial charge in [0, 0.05) is 18.4 Å². The summed E-state index contributed by atoms with van der Waals surface area (Å²) >= 11 is 5.90. The van der Waals surface area contributed by atoms with Gasteiger partial charge < -0.3 is 5.11 Å². The van der Waals surface area contributed by atoms with Crippen LogP contribution in [0.1, 0.15) is 12.8 Å². The molecule has 98 valence electrons. The normalized spacial score (nSPS) is 12.2. The van der Waals surface area contributed by atoms with Crippen molar-refractivity contribution in [1.29, 1.82) is 0 Å². The topological polar surface area (TPSA) is 38.1 Å². The molecule has 1 aromatic carbocycles. The Morgan fingerprint density at radius 3 is 2.72 bits per heavy atom. The SMILES string of the molecule is Oc1ccc(Cl)c2cnn(CCCC(F)(F)F)c12. The Labute approximate surface area is 106 Å². The number of hydrogen-bond acceptors (Lipinski definition) is 2. The third kappa shape index (κ3) is 2.69. The van der Waals surface area contributed by atoms with Crippen LogP contribution in [0.3, 0.4) is 0 Å². The minimum atomic E-state index is -4.18. The van der Waals surface area contributed by atoms with E-state index in [-0.39, 0.29) is 18.7 Å². The van der Waals surface area contributed by atoms with E-state index in [0.29, 0.717) is 15.9 Å². The maximum atomic E-state index is 12.0. The Balaban J connectivity index is 2.22. The zero-order chi connectivity index (χ0) is 13.3. The number of aryl methyl sites for hydroxylation is 1. The van der Waals surface area contributed by atoms with Gasteiger partial charge in [-0.25, -0.2) is 0 Å². The molecular weight excluding hydrogens is 269 g/mol. The molecule has 0 atom stereocenters. The number of aromatic hydroxyl groups is 1. The largest absolute Gasteiger partial charge is 0.506 e. The lowest BCUT2D eigenvalue weighted by molar-refractivity contribution is -0.135. The number of nitrogens with zero attached hydrogens (tertiary/aromatic N) is 2. The quantitative estimate of drug-likeness (QED) is 0.929. The smallest absolute Gasteiger partial charge is 0.389 e. The first-order chi connectivity index (χ1) is 8.38. The maximum absolute atomic E-state index is 12.0. The highest BCUT2D eigenvalue weighted by Gasteiger charge is 2.26. The molecule has 0 radical (unpaired) electrons. The van der Waals surface area contributed by atoms with E-state index in [9.17, 15) is 18.3 Å². The summed E-state index contributed by atoms with van der Waals surface area (Å²) < 4.78 is 37.5. The number of rotatable bonds is 3. The zero-order valence-corrected chi connectivity index (χ0v) is 9.96. The van der Waals surface area contributed by atoms with Gasteiger partial charge in [-0.1, -0.05) is 11.6 Å². The van der Waals surface area contributed by atoms with Gasteiger partial charge in [0.15, 0.2) is 0 Å². The number of phenols is 1. The predicted octanol–water partition coefficient (Wildman–Crippen LogP) is 3.74. The number of fused-ring (bicyclic) bond motifs is 1. The molecule has 18 heavy (non-hydrogen) atoms. The van der Waals surface area contributed by atoms with Crippen molar-refractivity contribution in [2.75, 3.05) is 0 Å². The molecule has 0 bridgehead atoms. The molecule has 3 nitrogen and oxygen atoms in total. The Morgan fingerprint density at radius 1 is 1.33 bits per heavy atom. The van der Waals surface area contributed by atoms with Crippen LogP contribution >= 0.6 is 11.6 Å². The summed E-state index contributed by atoms with van der Waals surface area (Å²) in [5.74, 6) is -0.0427. The summed E-state index contributed by atoms with van der Waals surface area (Å²) in [7, 11) is 0. The average Bonchev–Trinajstić information content (AvgIpc) is 2.67. The van der Waals surface area contributed by atoms with E-state index in [1.807, 2.05) is 0 Å². The molecule has 0 saturated heterocycles. The minimum Gasteiger partial charge on any atom is -0.506 e. The summed E-state index contributed by atoms with van der Waals surface area (Å²) in [6, 6.07) is 2.91. The summed E-state index contributed by atoms with van der Waals surface area (Å²) in [5, 5.41) is 14.6. The predicted molar refractivity (Wildman–Crippen MR) is 61.7 cm³/mol. The second kappa shape index (κ2) is 4.68. The minimum absolute atomic E-state index is 0.0427. The first-order valence-electron chi connectivity index (χ1n) is 5.28. The molecule has 0 aliphatic heterocycles. The Kier molecular flexibility index (Phi) is 3.38. The third-order valence-corrected chi connectivity index (χ3v) is 2.89. The maximum Gasteiger partial charge on any atom is 0.389 e. The van der Waals surface area contributed by atoms with Crippen LogP contribution in [0.5, 0.6) is 5.75 Å². The highest BCUT2D eigenvalue weighted by atomic mass is 35.5. The number of benzene rings is 1. The second-order valence-electron chi connectivity index (χ2n) is 3.92. The molecule has 0 aliphatic rings. The summed E-state index contributed by atoms with van der Waals surface area (Å²) in [6.45, 7) is 0.0803. The zero-order valence-electron chi connectivity index (χ0n) is 9.21. The highest BCUT2D eigenvalue weighted by molar-refractivity contribution is 6.35. The van der Waals surface area contributed by atoms with E-state index in [1.165, 1.54) is 23.0 Å². The molecule has 1 N–H and O–H groups in total. The van der Waals surface area contributed by atoms with Gasteiger partial charge in [-0.05, 0) is 18.6 Å². The Morgan fingerprint density at radius 2 is 2.06 bits per heavy atom. The molecule has 7 heteroatoms. The van der Waals surface area contributed by atoms with E-state index in [1.54, 1.807) is 0 Å². The standard InChI is InChI=1S/C11H10ClF3N2O/c12-8-2-3-9(18)10-7(8)6-16-17(10)5-1-4-11(13,14)15/h2-3,6,18H,1,4-5H2. The summed E-state index contributed by atoms with van der Waals surface area (Å²) in [4.78, 5) is 0. The van der Waals surface area contributed by atoms with Gasteiger partial charge in [-0.15, -0.1) is 0 Å². The number of phenolic OH excluding ortho intramolecular Hbond substituents is 1. The van der Waals surface area contributed by atoms with Gasteiger partial charge in [0.2, 0.25) is 0 Å². The van der Waals surface area contributed by atoms with E-state index in [2.05, 4.69) is 5.10 Å². The van der Waals surface area contributed by atoms with Crippen LogP contribution in [0.2, 0.25) is 5.02 Å². The van der Waals surface area contributed by atoms with Gasteiger partial charge in [-0.2, -0.15) is 18.3 Å². The van der Waals surface area contributed by atoms with E-state index < -0.39 is 12.6 Å². The van der Waals surface area contributed by atoms with Gasteiger partial charge in [-0.3, -0.25) is 4.68 Å². The molecule has 0 amide bonds. The second-order valence-corrected chi connectivity index (χ2v) is 4.32. The number of hydrogen-bond donors (Lipinski definition) is 1. The third-order valence-electron chi connectivity index (χ3n) is 2.56. The first kappa shape index (κ1) is 13.0. The molecule has 2 rings (SSSR count). The Bertz CT molecular complexity index is 565. The lowest BCUT2D eigenvalue weighted by Crippen LogP contribution is -2.09. The van der Waals surface area contributed by atoms with Crippen molar-refractivity contribution in [1.82, 2.24) is 9.78 Å². The van der Waals surface area contributed by atoms with Crippen LogP contribution in [0, 0.1) is 0 Å². The molecule has 0 fully saturated rings. The lowest BCUT2D eigenvalue weighted by Gasteiger charge is -2.07. The average molecular weight is 279 g/mol. The number of alkyl halides is 3. The molecule has 0 saturated carbocycles. The summed E-state index contributed by atoms with van der Waals surface area (Å²) in [5.41, 5.74) is 0.365. The Hall–Kier alpha value is -1.43. The fourth-order valence-corrected chi connectivity index (χ4v) is 1.95. The van der Waals surface area contributed by atoms with Crippen LogP contribution in [-0.4, -0.2) is 21.1 Å². The van der Waals surface area contributed by atoms with Gasteiger partial charge in [0.05, 0.1) is 11.2 Å². The molecular formula is C11H10ClF3N2O. The van der Waals surface area contributed by atoms with Crippen LogP contribution in [-0.2, 0) is 6.54 Å². The molecule has 0 spiro atoms. The first-order valence-corrected chi connectivity index (χ1v) is 5.66. The van der Waals surface area contributed by atoms with Crippen molar-refractivity contribution in [3.63, 3.8) is 0 Å². The fourth-order valence-electron chi connectivity index (χ4n) is 1.75. The van der Waals surface area contributed by atoms with Gasteiger partial charge in [0.1, 0.15) is 11.3 Å². The number of aromatic nitrogens is 2. The van der Waals surface area contributed by atoms with Crippen molar-refractivity contribution < 1.29 is 18.3 Å². The van der Waals surface area contributed by atoms with Crippen molar-refractivity contribution in [2.24, 2.45) is 0 Å². The van der Waals surface area contributed by atoms with Crippen molar-refractivity contribution in [3.8, 4) is 5.75 Å². The molecule has 1 heterocycles. The summed E-state index contributed by atoms with van der Waals surface area (Å²) in [6.07, 6.45) is -3.71. The van der Waals surface area contributed by atoms with E-state index >= 15 is 0 Å². The van der Waals surface area contributed by atoms with Crippen LogP contribution in [0.4, 0.5) is 13.2 Å². The number of halogens is 4. The van der Waals surface area contributed by atoms with Crippen LogP contribution in [0.25, 0.3) is 10.9 Å². The fraction of sp³-hybridized carbons (Fsp3) is 0.364. The van der Waals surface area contributed by atoms with Crippen LogP contribution in [0.15, 0.2) is 18.3 Å². The molecule has 0 aliphatic carbocycles. The van der Waals surface area contributed by atoms with Crippen molar-refractivity contribution >= 4 is 22.5 Å². The van der Waals surface area contributed by atoms with Gasteiger partial charge >= 0.3 is 6.18 Å². The van der Waals surface area contributed by atoms with Crippen molar-refractivity contribution in [2.45, 2.75) is 25.6 Å². The highest BCUT2D eigenvalue weighted by Crippen LogP contribution is 2.31. The monoisotopic (exact) mass is 278 g/mol. The van der Waals surface area contributed by atoms with E-state index in [4.69, 9.17) is 11.6 Å². The van der Waals surface area contributed by atoms with Crippen LogP contribution < -0.4 is 0 Å². The van der Waals surface area contributed by atoms with Gasteiger partial charge in [0.25, 0.3) is 0 Å². The lowest BCUT2D eigenvalue weighted by atomic mass is 10.2. The molecule has 1 aromatic heterocycles. The van der Waals surface area contributed by atoms with E-state index in [0.717, 1.165) is 0 Å². The van der Waals surface area contributed by atoms with Crippen molar-refractivity contribution in [3.05, 3.63) is 23.4 Å². The molecule has 0 unspecified atom stereocenters.